The molecular weight excluding hydrogens is 264 g/mol. The summed E-state index contributed by atoms with van der Waals surface area (Å²) in [6.07, 6.45) is 3.07. The van der Waals surface area contributed by atoms with Crippen molar-refractivity contribution in [1.29, 1.82) is 0 Å². The topological polar surface area (TPSA) is 52.6 Å². The molecule has 0 bridgehead atoms. The van der Waals surface area contributed by atoms with E-state index in [-0.39, 0.29) is 0 Å². The third-order valence-corrected chi connectivity index (χ3v) is 3.88. The van der Waals surface area contributed by atoms with Crippen LogP contribution in [0.2, 0.25) is 0 Å². The van der Waals surface area contributed by atoms with Crippen molar-refractivity contribution in [3.05, 3.63) is 35.9 Å². The first-order chi connectivity index (χ1) is 9.03. The second-order valence-corrected chi connectivity index (χ2v) is 6.84. The van der Waals surface area contributed by atoms with E-state index in [1.54, 1.807) is 0 Å². The summed E-state index contributed by atoms with van der Waals surface area (Å²) in [6, 6.07) is 10.1. The lowest BCUT2D eigenvalue weighted by Gasteiger charge is -2.34. The molecule has 1 aromatic carbocycles. The first-order valence-electron chi connectivity index (χ1n) is 6.49. The van der Waals surface area contributed by atoms with Crippen LogP contribution in [0.5, 0.6) is 0 Å². The summed E-state index contributed by atoms with van der Waals surface area (Å²) in [5.41, 5.74) is 1.18. The van der Waals surface area contributed by atoms with Gasteiger partial charge in [-0.15, -0.1) is 0 Å². The van der Waals surface area contributed by atoms with Crippen LogP contribution in [0.1, 0.15) is 18.4 Å². The lowest BCUT2D eigenvalue weighted by molar-refractivity contribution is 0.0219. The van der Waals surface area contributed by atoms with Crippen molar-refractivity contribution in [3.63, 3.8) is 0 Å². The summed E-state index contributed by atoms with van der Waals surface area (Å²) in [5.74, 6) is 0.900. The number of hydrogen-bond donors (Lipinski definition) is 0. The average Bonchev–Trinajstić information content (AvgIpc) is 2.31. The van der Waals surface area contributed by atoms with Gasteiger partial charge in [-0.1, -0.05) is 30.3 Å². The van der Waals surface area contributed by atoms with E-state index in [0.29, 0.717) is 25.0 Å². The molecule has 0 unspecified atom stereocenters. The second kappa shape index (κ2) is 6.50. The second-order valence-electron chi connectivity index (χ2n) is 5.19. The first kappa shape index (κ1) is 14.5. The van der Waals surface area contributed by atoms with Gasteiger partial charge in [0.15, 0.2) is 0 Å². The number of ether oxygens (including phenoxy) is 1. The molecule has 4 nitrogen and oxygen atoms in total. The summed E-state index contributed by atoms with van der Waals surface area (Å²) in [5, 5.41) is 0. The van der Waals surface area contributed by atoms with Crippen molar-refractivity contribution in [2.75, 3.05) is 19.5 Å². The van der Waals surface area contributed by atoms with Gasteiger partial charge in [-0.2, -0.15) is 8.42 Å². The third-order valence-electron chi connectivity index (χ3n) is 3.32. The maximum absolute atomic E-state index is 10.8. The van der Waals surface area contributed by atoms with Crippen molar-refractivity contribution < 1.29 is 17.3 Å². The van der Waals surface area contributed by atoms with Crippen molar-refractivity contribution in [3.8, 4) is 0 Å². The van der Waals surface area contributed by atoms with E-state index in [2.05, 4.69) is 0 Å². The van der Waals surface area contributed by atoms with E-state index in [4.69, 9.17) is 8.92 Å². The van der Waals surface area contributed by atoms with Crippen LogP contribution in [0.3, 0.4) is 0 Å². The maximum Gasteiger partial charge on any atom is 0.264 e. The number of rotatable bonds is 7. The summed E-state index contributed by atoms with van der Waals surface area (Å²) in [7, 11) is -3.30. The minimum absolute atomic E-state index is 0.314. The molecule has 0 atom stereocenters. The van der Waals surface area contributed by atoms with Crippen LogP contribution in [0.4, 0.5) is 0 Å². The first-order valence-corrected chi connectivity index (χ1v) is 8.30. The van der Waals surface area contributed by atoms with E-state index in [0.717, 1.165) is 25.7 Å². The number of hydrogen-bond acceptors (Lipinski definition) is 4. The van der Waals surface area contributed by atoms with E-state index in [1.807, 2.05) is 30.3 Å². The molecule has 1 aliphatic carbocycles. The Bertz CT molecular complexity index is 477. The van der Waals surface area contributed by atoms with Crippen LogP contribution in [-0.2, 0) is 25.6 Å². The fourth-order valence-electron chi connectivity index (χ4n) is 2.28. The van der Waals surface area contributed by atoms with Crippen molar-refractivity contribution >= 4 is 10.1 Å². The largest absolute Gasteiger partial charge is 0.376 e. The molecule has 0 N–H and O–H groups in total. The van der Waals surface area contributed by atoms with Crippen LogP contribution in [0, 0.1) is 11.8 Å². The molecule has 0 spiro atoms. The standard InChI is InChI=1S/C14H20O4S/c1-19(15,16)18-11-14-7-13(8-14)10-17-9-12-5-3-2-4-6-12/h2-6,13-14H,7-11H2,1H3. The highest BCUT2D eigenvalue weighted by atomic mass is 32.2. The molecule has 1 saturated carbocycles. The zero-order chi connectivity index (χ0) is 13.7. The Kier molecular flexibility index (Phi) is 4.96. The van der Waals surface area contributed by atoms with Crippen LogP contribution >= 0.6 is 0 Å². The van der Waals surface area contributed by atoms with Crippen molar-refractivity contribution in [1.82, 2.24) is 0 Å². The summed E-state index contributed by atoms with van der Waals surface area (Å²) in [4.78, 5) is 0. The zero-order valence-electron chi connectivity index (χ0n) is 11.1. The highest BCUT2D eigenvalue weighted by Crippen LogP contribution is 2.34. The van der Waals surface area contributed by atoms with Crippen LogP contribution in [0.25, 0.3) is 0 Å². The summed E-state index contributed by atoms with van der Waals surface area (Å²) in [6.45, 7) is 1.69. The Hall–Kier alpha value is -0.910. The fraction of sp³-hybridized carbons (Fsp3) is 0.571. The zero-order valence-corrected chi connectivity index (χ0v) is 11.9. The smallest absolute Gasteiger partial charge is 0.264 e. The fourth-order valence-corrected chi connectivity index (χ4v) is 2.72. The highest BCUT2D eigenvalue weighted by molar-refractivity contribution is 7.85. The van der Waals surface area contributed by atoms with Crippen LogP contribution in [0.15, 0.2) is 30.3 Å². The molecule has 5 heteroatoms. The Morgan fingerprint density at radius 2 is 1.74 bits per heavy atom. The van der Waals surface area contributed by atoms with Crippen molar-refractivity contribution in [2.24, 2.45) is 11.8 Å². The van der Waals surface area contributed by atoms with Crippen LogP contribution < -0.4 is 0 Å². The average molecular weight is 284 g/mol. The third kappa shape index (κ3) is 5.30. The minimum atomic E-state index is -3.30. The van der Waals surface area contributed by atoms with Crippen molar-refractivity contribution in [2.45, 2.75) is 19.4 Å². The van der Waals surface area contributed by atoms with Gasteiger partial charge in [-0.25, -0.2) is 0 Å². The van der Waals surface area contributed by atoms with Gasteiger partial charge in [0.2, 0.25) is 0 Å². The molecule has 19 heavy (non-hydrogen) atoms. The predicted molar refractivity (Wildman–Crippen MR) is 73.1 cm³/mol. The molecule has 1 aliphatic rings. The molecule has 106 valence electrons. The summed E-state index contributed by atoms with van der Waals surface area (Å²) < 4.78 is 32.1. The number of benzene rings is 1. The molecule has 0 saturated heterocycles. The molecule has 0 heterocycles. The molecule has 1 fully saturated rings. The minimum Gasteiger partial charge on any atom is -0.376 e. The Morgan fingerprint density at radius 3 is 2.37 bits per heavy atom. The van der Waals surface area contributed by atoms with Gasteiger partial charge in [0.1, 0.15) is 0 Å². The van der Waals surface area contributed by atoms with Gasteiger partial charge in [0.25, 0.3) is 10.1 Å². The highest BCUT2D eigenvalue weighted by Gasteiger charge is 2.30. The SMILES string of the molecule is CS(=O)(=O)OCC1CC(COCc2ccccc2)C1. The Balaban J connectivity index is 1.56. The lowest BCUT2D eigenvalue weighted by Crippen LogP contribution is -2.31. The molecule has 2 rings (SSSR count). The molecule has 0 radical (unpaired) electrons. The van der Waals surface area contributed by atoms with Gasteiger partial charge < -0.3 is 4.74 Å². The van der Waals surface area contributed by atoms with Gasteiger partial charge in [0, 0.05) is 6.61 Å². The summed E-state index contributed by atoms with van der Waals surface area (Å²) >= 11 is 0. The van der Waals surface area contributed by atoms with Gasteiger partial charge >= 0.3 is 0 Å². The quantitative estimate of drug-likeness (QED) is 0.720. The van der Waals surface area contributed by atoms with E-state index in [9.17, 15) is 8.42 Å². The molecule has 1 aromatic rings. The molecular formula is C14H20O4S. The maximum atomic E-state index is 10.8. The Labute approximate surface area is 114 Å². The molecule has 0 aromatic heterocycles. The normalized spacial score (nSPS) is 23.0. The van der Waals surface area contributed by atoms with E-state index >= 15 is 0 Å². The Morgan fingerprint density at radius 1 is 1.11 bits per heavy atom. The van der Waals surface area contributed by atoms with Crippen LogP contribution in [-0.4, -0.2) is 27.9 Å². The monoisotopic (exact) mass is 284 g/mol. The molecule has 0 amide bonds. The lowest BCUT2D eigenvalue weighted by atomic mass is 9.76. The van der Waals surface area contributed by atoms with Gasteiger partial charge in [0.05, 0.1) is 19.5 Å². The van der Waals surface area contributed by atoms with E-state index < -0.39 is 10.1 Å². The van der Waals surface area contributed by atoms with Gasteiger partial charge in [-0.05, 0) is 30.2 Å². The van der Waals surface area contributed by atoms with Gasteiger partial charge in [-0.3, -0.25) is 4.18 Å². The van der Waals surface area contributed by atoms with E-state index in [1.165, 1.54) is 5.56 Å². The predicted octanol–water partition coefficient (Wildman–Crippen LogP) is 2.21. The molecule has 0 aliphatic heterocycles.